The van der Waals surface area contributed by atoms with Crippen LogP contribution in [0.25, 0.3) is 0 Å². The smallest absolute Gasteiger partial charge is 0.325 e. The zero-order valence-electron chi connectivity index (χ0n) is 11.6. The molecule has 1 saturated carbocycles. The van der Waals surface area contributed by atoms with Gasteiger partial charge in [-0.3, -0.25) is 9.69 Å². The second-order valence-electron chi connectivity index (χ2n) is 5.75. The Balaban J connectivity index is 1.79. The molecule has 2 heterocycles. The van der Waals surface area contributed by atoms with E-state index in [1.165, 1.54) is 4.90 Å². The van der Waals surface area contributed by atoms with Crippen LogP contribution in [0.3, 0.4) is 0 Å². The van der Waals surface area contributed by atoms with Gasteiger partial charge in [0.1, 0.15) is 5.54 Å². The zero-order valence-corrected chi connectivity index (χ0v) is 11.6. The number of urea groups is 1. The minimum Gasteiger partial charge on any atom is -0.359 e. The van der Waals surface area contributed by atoms with Gasteiger partial charge in [-0.2, -0.15) is 0 Å². The van der Waals surface area contributed by atoms with Crippen molar-refractivity contribution in [1.82, 2.24) is 15.4 Å². The van der Waals surface area contributed by atoms with Crippen LogP contribution in [0.2, 0.25) is 0 Å². The Kier molecular flexibility index (Phi) is 3.23. The van der Waals surface area contributed by atoms with E-state index in [1.807, 2.05) is 6.92 Å². The molecule has 1 aromatic rings. The molecule has 2 aliphatic rings. The first-order chi connectivity index (χ1) is 9.61. The highest BCUT2D eigenvalue weighted by Crippen LogP contribution is 2.33. The predicted molar refractivity (Wildman–Crippen MR) is 70.8 cm³/mol. The molecule has 1 spiro atoms. The summed E-state index contributed by atoms with van der Waals surface area (Å²) in [5.74, 6) is 0.426. The molecular formula is C14H19N3O3. The molecule has 1 N–H and O–H groups in total. The molecule has 0 atom stereocenters. The predicted octanol–water partition coefficient (Wildman–Crippen LogP) is 2.13. The average molecular weight is 277 g/mol. The Morgan fingerprint density at radius 2 is 2.00 bits per heavy atom. The lowest BCUT2D eigenvalue weighted by Crippen LogP contribution is -2.46. The fraction of sp³-hybridized carbons (Fsp3) is 0.643. The van der Waals surface area contributed by atoms with Crippen LogP contribution < -0.4 is 5.32 Å². The lowest BCUT2D eigenvalue weighted by molar-refractivity contribution is -0.132. The van der Waals surface area contributed by atoms with Gasteiger partial charge in [0.2, 0.25) is 0 Å². The van der Waals surface area contributed by atoms with Crippen LogP contribution in [-0.4, -0.2) is 27.5 Å². The van der Waals surface area contributed by atoms with Crippen LogP contribution in [-0.2, 0) is 11.3 Å². The quantitative estimate of drug-likeness (QED) is 0.840. The maximum atomic E-state index is 12.6. The molecule has 6 heteroatoms. The summed E-state index contributed by atoms with van der Waals surface area (Å²) < 4.78 is 5.10. The fourth-order valence-corrected chi connectivity index (χ4v) is 3.14. The summed E-state index contributed by atoms with van der Waals surface area (Å²) in [5, 5.41) is 6.69. The molecule has 3 amide bonds. The van der Waals surface area contributed by atoms with Gasteiger partial charge in [0, 0.05) is 6.07 Å². The molecule has 0 aromatic carbocycles. The number of rotatable bonds is 2. The molecule has 6 nitrogen and oxygen atoms in total. The van der Waals surface area contributed by atoms with Crippen molar-refractivity contribution in [1.29, 1.82) is 0 Å². The summed E-state index contributed by atoms with van der Waals surface area (Å²) in [6, 6.07) is 1.43. The number of carbonyl (C=O) groups excluding carboxylic acids is 2. The largest absolute Gasteiger partial charge is 0.359 e. The van der Waals surface area contributed by atoms with Crippen molar-refractivity contribution in [2.75, 3.05) is 0 Å². The molecule has 1 saturated heterocycles. The minimum absolute atomic E-state index is 0.113. The number of aromatic nitrogens is 1. The molecule has 2 fully saturated rings. The minimum atomic E-state index is -0.678. The highest BCUT2D eigenvalue weighted by Gasteiger charge is 2.50. The summed E-state index contributed by atoms with van der Waals surface area (Å²) in [7, 11) is 0. The highest BCUT2D eigenvalue weighted by atomic mass is 16.5. The standard InChI is InChI=1S/C14H19N3O3/c1-10-8-11(20-16-10)9-17-12(18)14(15-13(17)19)6-4-2-3-5-7-14/h8H,2-7,9H2,1H3,(H,15,19). The summed E-state index contributed by atoms with van der Waals surface area (Å²) in [6.45, 7) is 1.97. The third kappa shape index (κ3) is 2.19. The first kappa shape index (κ1) is 13.1. The van der Waals surface area contributed by atoms with Crippen molar-refractivity contribution < 1.29 is 14.1 Å². The van der Waals surface area contributed by atoms with E-state index >= 15 is 0 Å². The molecule has 1 aromatic heterocycles. The van der Waals surface area contributed by atoms with E-state index in [2.05, 4.69) is 10.5 Å². The van der Waals surface area contributed by atoms with E-state index < -0.39 is 5.54 Å². The van der Waals surface area contributed by atoms with Crippen molar-refractivity contribution >= 4 is 11.9 Å². The molecular weight excluding hydrogens is 258 g/mol. The molecule has 1 aliphatic heterocycles. The van der Waals surface area contributed by atoms with Gasteiger partial charge in [-0.15, -0.1) is 0 Å². The Morgan fingerprint density at radius 1 is 1.30 bits per heavy atom. The summed E-state index contributed by atoms with van der Waals surface area (Å²) >= 11 is 0. The van der Waals surface area contributed by atoms with Crippen LogP contribution in [0, 0.1) is 6.92 Å². The van der Waals surface area contributed by atoms with Crippen LogP contribution in [0.1, 0.15) is 50.0 Å². The number of nitrogens with one attached hydrogen (secondary N) is 1. The van der Waals surface area contributed by atoms with Crippen molar-refractivity contribution in [3.63, 3.8) is 0 Å². The van der Waals surface area contributed by atoms with Crippen molar-refractivity contribution in [3.8, 4) is 0 Å². The topological polar surface area (TPSA) is 75.4 Å². The van der Waals surface area contributed by atoms with E-state index in [0.717, 1.165) is 44.2 Å². The van der Waals surface area contributed by atoms with Gasteiger partial charge in [0.15, 0.2) is 5.76 Å². The average Bonchev–Trinajstić information content (AvgIpc) is 2.80. The molecule has 1 aliphatic carbocycles. The van der Waals surface area contributed by atoms with Gasteiger partial charge in [-0.25, -0.2) is 4.79 Å². The SMILES string of the molecule is Cc1cc(CN2C(=O)NC3(CCCCCC3)C2=O)on1. The van der Waals surface area contributed by atoms with Crippen molar-refractivity contribution in [2.24, 2.45) is 0 Å². The number of amides is 3. The molecule has 108 valence electrons. The Labute approximate surface area is 117 Å². The third-order valence-electron chi connectivity index (χ3n) is 4.19. The molecule has 0 radical (unpaired) electrons. The number of nitrogens with zero attached hydrogens (tertiary/aromatic N) is 2. The monoisotopic (exact) mass is 277 g/mol. The van der Waals surface area contributed by atoms with Gasteiger partial charge in [0.25, 0.3) is 5.91 Å². The maximum absolute atomic E-state index is 12.6. The summed E-state index contributed by atoms with van der Waals surface area (Å²) in [6.07, 6.45) is 5.72. The van der Waals surface area contributed by atoms with E-state index in [4.69, 9.17) is 4.52 Å². The summed E-state index contributed by atoms with van der Waals surface area (Å²) in [5.41, 5.74) is 0.0686. The maximum Gasteiger partial charge on any atom is 0.325 e. The Morgan fingerprint density at radius 3 is 2.60 bits per heavy atom. The van der Waals surface area contributed by atoms with Gasteiger partial charge in [-0.05, 0) is 19.8 Å². The number of aryl methyl sites for hydroxylation is 1. The number of hydrogen-bond donors (Lipinski definition) is 1. The first-order valence-corrected chi connectivity index (χ1v) is 7.17. The Hall–Kier alpha value is -1.85. The van der Waals surface area contributed by atoms with Crippen molar-refractivity contribution in [2.45, 2.75) is 57.5 Å². The van der Waals surface area contributed by atoms with E-state index in [-0.39, 0.29) is 18.5 Å². The van der Waals surface area contributed by atoms with Gasteiger partial charge in [-0.1, -0.05) is 30.8 Å². The lowest BCUT2D eigenvalue weighted by atomic mass is 9.90. The van der Waals surface area contributed by atoms with Crippen LogP contribution in [0.15, 0.2) is 10.6 Å². The van der Waals surface area contributed by atoms with E-state index in [9.17, 15) is 9.59 Å². The normalized spacial score (nSPS) is 22.1. The fourth-order valence-electron chi connectivity index (χ4n) is 3.14. The third-order valence-corrected chi connectivity index (χ3v) is 4.19. The van der Waals surface area contributed by atoms with Crippen molar-refractivity contribution in [3.05, 3.63) is 17.5 Å². The van der Waals surface area contributed by atoms with E-state index in [0.29, 0.717) is 5.76 Å². The summed E-state index contributed by atoms with van der Waals surface area (Å²) in [4.78, 5) is 26.0. The number of hydrogen-bond acceptors (Lipinski definition) is 4. The number of carbonyl (C=O) groups is 2. The lowest BCUT2D eigenvalue weighted by Gasteiger charge is -2.24. The van der Waals surface area contributed by atoms with Gasteiger partial charge >= 0.3 is 6.03 Å². The first-order valence-electron chi connectivity index (χ1n) is 7.17. The molecule has 20 heavy (non-hydrogen) atoms. The molecule has 3 rings (SSSR count). The van der Waals surface area contributed by atoms with E-state index in [1.54, 1.807) is 6.07 Å². The van der Waals surface area contributed by atoms with Crippen LogP contribution in [0.4, 0.5) is 4.79 Å². The number of imide groups is 1. The second kappa shape index (κ2) is 4.92. The van der Waals surface area contributed by atoms with Crippen LogP contribution in [0.5, 0.6) is 0 Å². The van der Waals surface area contributed by atoms with Gasteiger partial charge < -0.3 is 9.84 Å². The highest BCUT2D eigenvalue weighted by molar-refractivity contribution is 6.06. The van der Waals surface area contributed by atoms with Gasteiger partial charge in [0.05, 0.1) is 12.2 Å². The molecule has 0 bridgehead atoms. The zero-order chi connectivity index (χ0) is 14.2. The molecule has 0 unspecified atom stereocenters. The Bertz CT molecular complexity index is 530. The second-order valence-corrected chi connectivity index (χ2v) is 5.75. The van der Waals surface area contributed by atoms with Crippen LogP contribution >= 0.6 is 0 Å².